The monoisotopic (exact) mass is 391 g/mol. The van der Waals surface area contributed by atoms with Crippen LogP contribution in [-0.2, 0) is 14.4 Å². The SMILES string of the molecule is CCN1C(=O)CC[C@@H](C(=O)NCCNC(C)=O)[C@@H]1c1ccc(OC)cc1OC. The minimum Gasteiger partial charge on any atom is -0.497 e. The second-order valence-electron chi connectivity index (χ2n) is 6.65. The lowest BCUT2D eigenvalue weighted by molar-refractivity contribution is -0.143. The van der Waals surface area contributed by atoms with Crippen molar-refractivity contribution in [2.75, 3.05) is 33.9 Å². The molecule has 1 aliphatic heterocycles. The molecule has 2 N–H and O–H groups in total. The summed E-state index contributed by atoms with van der Waals surface area (Å²) in [5, 5.41) is 5.52. The Labute approximate surface area is 165 Å². The molecule has 28 heavy (non-hydrogen) atoms. The Morgan fingerprint density at radius 2 is 1.89 bits per heavy atom. The first-order valence-electron chi connectivity index (χ1n) is 9.46. The van der Waals surface area contributed by atoms with Gasteiger partial charge < -0.3 is 25.0 Å². The summed E-state index contributed by atoms with van der Waals surface area (Å²) in [4.78, 5) is 38.1. The summed E-state index contributed by atoms with van der Waals surface area (Å²) in [6, 6.07) is 4.99. The number of likely N-dealkylation sites (tertiary alicyclic amines) is 1. The van der Waals surface area contributed by atoms with Crippen molar-refractivity contribution >= 4 is 17.7 Å². The van der Waals surface area contributed by atoms with Crippen LogP contribution in [0, 0.1) is 5.92 Å². The second-order valence-corrected chi connectivity index (χ2v) is 6.65. The van der Waals surface area contributed by atoms with E-state index in [0.717, 1.165) is 5.56 Å². The highest BCUT2D eigenvalue weighted by atomic mass is 16.5. The van der Waals surface area contributed by atoms with E-state index >= 15 is 0 Å². The van der Waals surface area contributed by atoms with Gasteiger partial charge in [0.15, 0.2) is 0 Å². The number of amides is 3. The van der Waals surface area contributed by atoms with Crippen molar-refractivity contribution in [2.45, 2.75) is 32.7 Å². The van der Waals surface area contributed by atoms with E-state index < -0.39 is 12.0 Å². The van der Waals surface area contributed by atoms with Gasteiger partial charge in [-0.05, 0) is 25.5 Å². The molecule has 2 atom stereocenters. The number of hydrogen-bond acceptors (Lipinski definition) is 5. The third-order valence-corrected chi connectivity index (χ3v) is 4.94. The Morgan fingerprint density at radius 1 is 1.18 bits per heavy atom. The van der Waals surface area contributed by atoms with Crippen LogP contribution in [0.15, 0.2) is 18.2 Å². The zero-order valence-corrected chi connectivity index (χ0v) is 16.9. The largest absolute Gasteiger partial charge is 0.497 e. The van der Waals surface area contributed by atoms with E-state index in [2.05, 4.69) is 10.6 Å². The van der Waals surface area contributed by atoms with E-state index in [0.29, 0.717) is 44.0 Å². The standard InChI is InChI=1S/C20H29N3O5/c1-5-23-18(25)9-8-16(20(26)22-11-10-21-13(2)24)19(23)15-7-6-14(27-3)12-17(15)28-4/h6-7,12,16,19H,5,8-11H2,1-4H3,(H,21,24)(H,22,26)/t16-,19+/m1/s1. The van der Waals surface area contributed by atoms with Gasteiger partial charge in [-0.15, -0.1) is 0 Å². The van der Waals surface area contributed by atoms with Crippen molar-refractivity contribution < 1.29 is 23.9 Å². The number of ether oxygens (including phenoxy) is 2. The molecule has 0 saturated carbocycles. The number of rotatable bonds is 8. The maximum absolute atomic E-state index is 12.9. The van der Waals surface area contributed by atoms with Gasteiger partial charge in [-0.25, -0.2) is 0 Å². The molecule has 0 unspecified atom stereocenters. The highest BCUT2D eigenvalue weighted by Gasteiger charge is 2.41. The van der Waals surface area contributed by atoms with Crippen molar-refractivity contribution in [1.29, 1.82) is 0 Å². The summed E-state index contributed by atoms with van der Waals surface area (Å²) in [5.41, 5.74) is 0.778. The molecule has 1 aliphatic rings. The van der Waals surface area contributed by atoms with Crippen molar-refractivity contribution in [1.82, 2.24) is 15.5 Å². The molecular formula is C20H29N3O5. The highest BCUT2D eigenvalue weighted by Crippen LogP contribution is 2.41. The molecule has 8 nitrogen and oxygen atoms in total. The Morgan fingerprint density at radius 3 is 2.50 bits per heavy atom. The minimum absolute atomic E-state index is 0.0210. The van der Waals surface area contributed by atoms with Gasteiger partial charge in [0.25, 0.3) is 0 Å². The Balaban J connectivity index is 2.29. The van der Waals surface area contributed by atoms with E-state index in [1.165, 1.54) is 6.92 Å². The lowest BCUT2D eigenvalue weighted by Gasteiger charge is -2.40. The number of piperidine rings is 1. The number of nitrogens with one attached hydrogen (secondary N) is 2. The first kappa shape index (κ1) is 21.5. The molecule has 1 saturated heterocycles. The fourth-order valence-corrected chi connectivity index (χ4v) is 3.60. The minimum atomic E-state index is -0.423. The van der Waals surface area contributed by atoms with Gasteiger partial charge >= 0.3 is 0 Å². The van der Waals surface area contributed by atoms with Gasteiger partial charge in [-0.1, -0.05) is 0 Å². The van der Waals surface area contributed by atoms with E-state index in [1.807, 2.05) is 13.0 Å². The second kappa shape index (κ2) is 9.96. The van der Waals surface area contributed by atoms with Crippen LogP contribution in [0.1, 0.15) is 38.3 Å². The first-order valence-corrected chi connectivity index (χ1v) is 9.46. The quantitative estimate of drug-likeness (QED) is 0.650. The fourth-order valence-electron chi connectivity index (χ4n) is 3.60. The predicted molar refractivity (Wildman–Crippen MR) is 104 cm³/mol. The van der Waals surface area contributed by atoms with E-state index in [-0.39, 0.29) is 17.7 Å². The van der Waals surface area contributed by atoms with E-state index in [4.69, 9.17) is 9.47 Å². The zero-order chi connectivity index (χ0) is 20.7. The highest BCUT2D eigenvalue weighted by molar-refractivity contribution is 5.85. The number of nitrogens with zero attached hydrogens (tertiary/aromatic N) is 1. The smallest absolute Gasteiger partial charge is 0.225 e. The third-order valence-electron chi connectivity index (χ3n) is 4.94. The van der Waals surface area contributed by atoms with E-state index in [9.17, 15) is 14.4 Å². The van der Waals surface area contributed by atoms with Crippen molar-refractivity contribution in [3.8, 4) is 11.5 Å². The Bertz CT molecular complexity index is 722. The van der Waals surface area contributed by atoms with Gasteiger partial charge in [-0.2, -0.15) is 0 Å². The zero-order valence-electron chi connectivity index (χ0n) is 16.9. The van der Waals surface area contributed by atoms with Crippen molar-refractivity contribution in [2.24, 2.45) is 5.92 Å². The fraction of sp³-hybridized carbons (Fsp3) is 0.550. The summed E-state index contributed by atoms with van der Waals surface area (Å²) < 4.78 is 10.8. The lowest BCUT2D eigenvalue weighted by atomic mass is 9.83. The average Bonchev–Trinajstić information content (AvgIpc) is 2.70. The third kappa shape index (κ3) is 4.94. The molecule has 0 aromatic heterocycles. The van der Waals surface area contributed by atoms with Crippen LogP contribution < -0.4 is 20.1 Å². The normalized spacial score (nSPS) is 19.1. The molecule has 154 valence electrons. The van der Waals surface area contributed by atoms with Crippen LogP contribution in [0.3, 0.4) is 0 Å². The molecule has 8 heteroatoms. The summed E-state index contributed by atoms with van der Waals surface area (Å²) in [6.07, 6.45) is 0.785. The van der Waals surface area contributed by atoms with Crippen LogP contribution in [0.25, 0.3) is 0 Å². The van der Waals surface area contributed by atoms with Crippen LogP contribution in [0.2, 0.25) is 0 Å². The number of hydrogen-bond donors (Lipinski definition) is 2. The van der Waals surface area contributed by atoms with Gasteiger partial charge in [0, 0.05) is 44.6 Å². The number of carbonyl (C=O) groups excluding carboxylic acids is 3. The van der Waals surface area contributed by atoms with E-state index in [1.54, 1.807) is 31.3 Å². The summed E-state index contributed by atoms with van der Waals surface area (Å²) in [7, 11) is 3.13. The molecule has 1 aromatic rings. The van der Waals surface area contributed by atoms with Gasteiger partial charge in [0.05, 0.1) is 26.2 Å². The van der Waals surface area contributed by atoms with Crippen molar-refractivity contribution in [3.05, 3.63) is 23.8 Å². The topological polar surface area (TPSA) is 97.0 Å². The lowest BCUT2D eigenvalue weighted by Crippen LogP contribution is -2.48. The van der Waals surface area contributed by atoms with Crippen LogP contribution in [0.4, 0.5) is 0 Å². The average molecular weight is 391 g/mol. The van der Waals surface area contributed by atoms with Crippen molar-refractivity contribution in [3.63, 3.8) is 0 Å². The maximum atomic E-state index is 12.9. The molecule has 0 radical (unpaired) electrons. The van der Waals surface area contributed by atoms with Gasteiger partial charge in [0.2, 0.25) is 17.7 Å². The molecule has 1 fully saturated rings. The molecule has 3 amide bonds. The summed E-state index contributed by atoms with van der Waals surface area (Å²) in [6.45, 7) is 4.52. The van der Waals surface area contributed by atoms with Crippen LogP contribution in [-0.4, -0.2) is 56.5 Å². The Kier molecular flexibility index (Phi) is 7.66. The molecule has 0 spiro atoms. The van der Waals surface area contributed by atoms with Crippen LogP contribution >= 0.6 is 0 Å². The molecule has 2 rings (SSSR count). The summed E-state index contributed by atoms with van der Waals surface area (Å²) in [5.74, 6) is 0.551. The summed E-state index contributed by atoms with van der Waals surface area (Å²) >= 11 is 0. The number of methoxy groups -OCH3 is 2. The molecule has 1 heterocycles. The van der Waals surface area contributed by atoms with Gasteiger partial charge in [-0.3, -0.25) is 14.4 Å². The maximum Gasteiger partial charge on any atom is 0.225 e. The Hall–Kier alpha value is -2.77. The predicted octanol–water partition coefficient (Wildman–Crippen LogP) is 1.26. The molecule has 0 bridgehead atoms. The van der Waals surface area contributed by atoms with Crippen LogP contribution in [0.5, 0.6) is 11.5 Å². The number of carbonyl (C=O) groups is 3. The molecular weight excluding hydrogens is 362 g/mol. The molecule has 1 aromatic carbocycles. The van der Waals surface area contributed by atoms with Gasteiger partial charge in [0.1, 0.15) is 11.5 Å². The first-order chi connectivity index (χ1) is 13.4. The molecule has 0 aliphatic carbocycles. The number of benzene rings is 1.